The maximum Gasteiger partial charge on any atom is 0.118 e. The smallest absolute Gasteiger partial charge is 0.118 e. The van der Waals surface area contributed by atoms with Crippen LogP contribution in [0.25, 0.3) is 0 Å². The molecule has 2 aromatic rings. The molecular formula is C18H23NOS. The van der Waals surface area contributed by atoms with Gasteiger partial charge >= 0.3 is 0 Å². The summed E-state index contributed by atoms with van der Waals surface area (Å²) < 4.78 is 5.21. The monoisotopic (exact) mass is 301 g/mol. The van der Waals surface area contributed by atoms with Crippen LogP contribution in [0.4, 0.5) is 0 Å². The molecule has 0 heterocycles. The predicted octanol–water partition coefficient (Wildman–Crippen LogP) is 4.57. The van der Waals surface area contributed by atoms with E-state index >= 15 is 0 Å². The van der Waals surface area contributed by atoms with Gasteiger partial charge in [-0.1, -0.05) is 31.2 Å². The maximum atomic E-state index is 6.38. The highest BCUT2D eigenvalue weighted by Crippen LogP contribution is 2.39. The minimum absolute atomic E-state index is 0.137. The molecule has 0 saturated heterocycles. The number of hydrogen-bond donors (Lipinski definition) is 1. The van der Waals surface area contributed by atoms with Gasteiger partial charge in [0.25, 0.3) is 0 Å². The molecule has 2 nitrogen and oxygen atoms in total. The van der Waals surface area contributed by atoms with E-state index in [0.717, 1.165) is 12.2 Å². The Labute approximate surface area is 131 Å². The highest BCUT2D eigenvalue weighted by atomic mass is 32.2. The number of rotatable bonds is 6. The molecule has 2 aromatic carbocycles. The fourth-order valence-electron chi connectivity index (χ4n) is 2.30. The van der Waals surface area contributed by atoms with Crippen molar-refractivity contribution in [3.8, 4) is 5.75 Å². The SMILES string of the molecule is CCC(N)C(Sc1ccc(OC)cc1)c1ccccc1C. The summed E-state index contributed by atoms with van der Waals surface area (Å²) in [6.45, 7) is 4.30. The van der Waals surface area contributed by atoms with Crippen molar-refractivity contribution in [1.82, 2.24) is 0 Å². The molecule has 112 valence electrons. The van der Waals surface area contributed by atoms with Crippen LogP contribution in [0, 0.1) is 6.92 Å². The average molecular weight is 301 g/mol. The average Bonchev–Trinajstić information content (AvgIpc) is 2.53. The molecule has 0 fully saturated rings. The van der Waals surface area contributed by atoms with Gasteiger partial charge in [-0.15, -0.1) is 11.8 Å². The zero-order valence-electron chi connectivity index (χ0n) is 12.9. The molecule has 2 atom stereocenters. The second-order valence-corrected chi connectivity index (χ2v) is 6.36. The highest BCUT2D eigenvalue weighted by molar-refractivity contribution is 7.99. The van der Waals surface area contributed by atoms with Gasteiger partial charge in [-0.3, -0.25) is 0 Å². The largest absolute Gasteiger partial charge is 0.497 e. The van der Waals surface area contributed by atoms with E-state index in [-0.39, 0.29) is 11.3 Å². The van der Waals surface area contributed by atoms with E-state index in [1.807, 2.05) is 23.9 Å². The Morgan fingerprint density at radius 1 is 1.10 bits per heavy atom. The standard InChI is InChI=1S/C18H23NOS/c1-4-17(19)18(16-8-6-5-7-13(16)2)21-15-11-9-14(20-3)10-12-15/h5-12,17-18H,4,19H2,1-3H3. The molecule has 0 aliphatic rings. The molecule has 2 N–H and O–H groups in total. The van der Waals surface area contributed by atoms with E-state index in [1.165, 1.54) is 16.0 Å². The normalized spacial score (nSPS) is 13.7. The maximum absolute atomic E-state index is 6.38. The lowest BCUT2D eigenvalue weighted by Crippen LogP contribution is -2.26. The Balaban J connectivity index is 2.26. The Bertz CT molecular complexity index is 568. The molecule has 0 aromatic heterocycles. The van der Waals surface area contributed by atoms with E-state index in [9.17, 15) is 0 Å². The summed E-state index contributed by atoms with van der Waals surface area (Å²) in [6, 6.07) is 16.8. The third-order valence-corrected chi connectivity index (χ3v) is 5.08. The van der Waals surface area contributed by atoms with Crippen LogP contribution in [-0.2, 0) is 0 Å². The molecule has 0 amide bonds. The molecule has 0 saturated carbocycles. The summed E-state index contributed by atoms with van der Waals surface area (Å²) in [7, 11) is 1.69. The van der Waals surface area contributed by atoms with Crippen molar-refractivity contribution in [2.75, 3.05) is 7.11 Å². The molecule has 3 heteroatoms. The highest BCUT2D eigenvalue weighted by Gasteiger charge is 2.21. The Hall–Kier alpha value is -1.45. The van der Waals surface area contributed by atoms with Gasteiger partial charge < -0.3 is 10.5 Å². The molecule has 2 rings (SSSR count). The summed E-state index contributed by atoms with van der Waals surface area (Å²) in [4.78, 5) is 1.22. The fourth-order valence-corrected chi connectivity index (χ4v) is 3.65. The van der Waals surface area contributed by atoms with Crippen LogP contribution in [0.2, 0.25) is 0 Å². The van der Waals surface area contributed by atoms with Crippen molar-refractivity contribution < 1.29 is 4.74 Å². The summed E-state index contributed by atoms with van der Waals surface area (Å²) in [6.07, 6.45) is 0.960. The fraction of sp³-hybridized carbons (Fsp3) is 0.333. The van der Waals surface area contributed by atoms with Gasteiger partial charge in [-0.05, 0) is 48.7 Å². The second-order valence-electron chi connectivity index (χ2n) is 5.14. The second kappa shape index (κ2) is 7.53. The third-order valence-electron chi connectivity index (χ3n) is 3.68. The van der Waals surface area contributed by atoms with Gasteiger partial charge in [0.1, 0.15) is 5.75 Å². The van der Waals surface area contributed by atoms with Crippen LogP contribution in [0.15, 0.2) is 53.4 Å². The topological polar surface area (TPSA) is 35.2 Å². The summed E-state index contributed by atoms with van der Waals surface area (Å²) in [5.74, 6) is 0.881. The van der Waals surface area contributed by atoms with Crippen LogP contribution < -0.4 is 10.5 Å². The van der Waals surface area contributed by atoms with Crippen molar-refractivity contribution in [3.63, 3.8) is 0 Å². The van der Waals surface area contributed by atoms with Gasteiger partial charge in [0.2, 0.25) is 0 Å². The zero-order valence-corrected chi connectivity index (χ0v) is 13.7. The van der Waals surface area contributed by atoms with Crippen LogP contribution >= 0.6 is 11.8 Å². The van der Waals surface area contributed by atoms with E-state index in [0.29, 0.717) is 0 Å². The van der Waals surface area contributed by atoms with Gasteiger partial charge in [-0.2, -0.15) is 0 Å². The molecule has 21 heavy (non-hydrogen) atoms. The molecule has 0 bridgehead atoms. The van der Waals surface area contributed by atoms with Gasteiger partial charge in [0, 0.05) is 16.2 Å². The van der Waals surface area contributed by atoms with Crippen LogP contribution in [-0.4, -0.2) is 13.2 Å². The number of methoxy groups -OCH3 is 1. The van der Waals surface area contributed by atoms with Crippen molar-refractivity contribution >= 4 is 11.8 Å². The lowest BCUT2D eigenvalue weighted by Gasteiger charge is -2.24. The Morgan fingerprint density at radius 3 is 2.33 bits per heavy atom. The molecule has 0 aliphatic heterocycles. The van der Waals surface area contributed by atoms with E-state index in [4.69, 9.17) is 10.5 Å². The first-order chi connectivity index (χ1) is 10.2. The first kappa shape index (κ1) is 15.9. The summed E-state index contributed by atoms with van der Waals surface area (Å²) in [5.41, 5.74) is 9.00. The van der Waals surface area contributed by atoms with E-state index in [1.54, 1.807) is 7.11 Å². The predicted molar refractivity (Wildman–Crippen MR) is 91.0 cm³/mol. The molecule has 0 spiro atoms. The first-order valence-electron chi connectivity index (χ1n) is 7.27. The number of hydrogen-bond acceptors (Lipinski definition) is 3. The lowest BCUT2D eigenvalue weighted by molar-refractivity contribution is 0.414. The third kappa shape index (κ3) is 4.02. The molecule has 0 radical (unpaired) electrons. The molecular weight excluding hydrogens is 278 g/mol. The number of nitrogens with two attached hydrogens (primary N) is 1. The van der Waals surface area contributed by atoms with Crippen LogP contribution in [0.5, 0.6) is 5.75 Å². The number of benzene rings is 2. The Kier molecular flexibility index (Phi) is 5.71. The number of thioether (sulfide) groups is 1. The number of aryl methyl sites for hydroxylation is 1. The van der Waals surface area contributed by atoms with Crippen LogP contribution in [0.3, 0.4) is 0 Å². The first-order valence-corrected chi connectivity index (χ1v) is 8.15. The lowest BCUT2D eigenvalue weighted by atomic mass is 10.00. The van der Waals surface area contributed by atoms with Crippen molar-refractivity contribution in [3.05, 3.63) is 59.7 Å². The summed E-state index contributed by atoms with van der Waals surface area (Å²) >= 11 is 1.83. The number of ether oxygens (including phenoxy) is 1. The van der Waals surface area contributed by atoms with Gasteiger partial charge in [0.15, 0.2) is 0 Å². The van der Waals surface area contributed by atoms with Gasteiger partial charge in [0.05, 0.1) is 7.11 Å². The van der Waals surface area contributed by atoms with Crippen molar-refractivity contribution in [1.29, 1.82) is 0 Å². The van der Waals surface area contributed by atoms with Crippen molar-refractivity contribution in [2.24, 2.45) is 5.73 Å². The van der Waals surface area contributed by atoms with E-state index in [2.05, 4.69) is 50.2 Å². The van der Waals surface area contributed by atoms with Crippen molar-refractivity contribution in [2.45, 2.75) is 36.5 Å². The zero-order chi connectivity index (χ0) is 15.2. The minimum atomic E-state index is 0.137. The van der Waals surface area contributed by atoms with Crippen LogP contribution in [0.1, 0.15) is 29.7 Å². The molecule has 0 aliphatic carbocycles. The van der Waals surface area contributed by atoms with Gasteiger partial charge in [-0.25, -0.2) is 0 Å². The quantitative estimate of drug-likeness (QED) is 0.794. The molecule has 2 unspecified atom stereocenters. The Morgan fingerprint density at radius 2 is 1.76 bits per heavy atom. The minimum Gasteiger partial charge on any atom is -0.497 e. The summed E-state index contributed by atoms with van der Waals surface area (Å²) in [5, 5.41) is 0.268. The van der Waals surface area contributed by atoms with E-state index < -0.39 is 0 Å².